The Kier molecular flexibility index (Phi) is 5.08. The van der Waals surface area contributed by atoms with Crippen LogP contribution < -0.4 is 5.32 Å². The molecule has 0 aliphatic rings. The SMILES string of the molecule is CCCNC(C)c1ccc(-n2cc(Cl)c(C)n2)c(Cl)c1. The standard InChI is InChI=1S/C15H19Cl2N3/c1-4-7-18-10(2)12-5-6-15(13(16)8-12)20-9-14(17)11(3)19-20/h5-6,8-10,18H,4,7H2,1-3H3. The van der Waals surface area contributed by atoms with Gasteiger partial charge >= 0.3 is 0 Å². The Morgan fingerprint density at radius 2 is 2.05 bits per heavy atom. The molecule has 1 aromatic carbocycles. The lowest BCUT2D eigenvalue weighted by Gasteiger charge is -2.15. The highest BCUT2D eigenvalue weighted by atomic mass is 35.5. The van der Waals surface area contributed by atoms with Crippen molar-refractivity contribution in [1.82, 2.24) is 15.1 Å². The minimum absolute atomic E-state index is 0.282. The average molecular weight is 312 g/mol. The van der Waals surface area contributed by atoms with Gasteiger partial charge in [-0.1, -0.05) is 36.2 Å². The molecule has 2 rings (SSSR count). The van der Waals surface area contributed by atoms with Gasteiger partial charge in [-0.05, 0) is 44.5 Å². The van der Waals surface area contributed by atoms with Gasteiger partial charge in [0, 0.05) is 12.2 Å². The third-order valence-corrected chi connectivity index (χ3v) is 3.93. The van der Waals surface area contributed by atoms with Crippen molar-refractivity contribution in [1.29, 1.82) is 0 Å². The molecule has 0 fully saturated rings. The van der Waals surface area contributed by atoms with Crippen LogP contribution >= 0.6 is 23.2 Å². The highest BCUT2D eigenvalue weighted by Crippen LogP contribution is 2.26. The predicted octanol–water partition coefficient (Wildman–Crippen LogP) is 4.55. The number of rotatable bonds is 5. The Morgan fingerprint density at radius 3 is 2.60 bits per heavy atom. The summed E-state index contributed by atoms with van der Waals surface area (Å²) in [6.45, 7) is 7.15. The summed E-state index contributed by atoms with van der Waals surface area (Å²) in [5.41, 5.74) is 2.81. The van der Waals surface area contributed by atoms with Crippen LogP contribution in [-0.2, 0) is 0 Å². The van der Waals surface area contributed by atoms with E-state index in [4.69, 9.17) is 23.2 Å². The van der Waals surface area contributed by atoms with E-state index in [1.165, 1.54) is 5.56 Å². The number of hydrogen-bond donors (Lipinski definition) is 1. The van der Waals surface area contributed by atoms with Crippen molar-refractivity contribution in [3.63, 3.8) is 0 Å². The molecular formula is C15H19Cl2N3. The number of nitrogens with zero attached hydrogens (tertiary/aromatic N) is 2. The Hall–Kier alpha value is -1.03. The van der Waals surface area contributed by atoms with Gasteiger partial charge in [-0.15, -0.1) is 0 Å². The van der Waals surface area contributed by atoms with Crippen LogP contribution in [0.2, 0.25) is 10.0 Å². The number of halogens is 2. The fourth-order valence-electron chi connectivity index (χ4n) is 2.02. The van der Waals surface area contributed by atoms with Crippen molar-refractivity contribution in [3.8, 4) is 5.69 Å². The van der Waals surface area contributed by atoms with Gasteiger partial charge in [0.1, 0.15) is 0 Å². The van der Waals surface area contributed by atoms with Crippen LogP contribution in [0.1, 0.15) is 37.6 Å². The lowest BCUT2D eigenvalue weighted by atomic mass is 10.1. The molecule has 108 valence electrons. The first-order valence-electron chi connectivity index (χ1n) is 6.78. The van der Waals surface area contributed by atoms with Crippen LogP contribution in [0.5, 0.6) is 0 Å². The van der Waals surface area contributed by atoms with E-state index in [-0.39, 0.29) is 6.04 Å². The van der Waals surface area contributed by atoms with Crippen LogP contribution in [0.15, 0.2) is 24.4 Å². The van der Waals surface area contributed by atoms with Crippen LogP contribution in [0, 0.1) is 6.92 Å². The van der Waals surface area contributed by atoms with Crippen molar-refractivity contribution in [3.05, 3.63) is 45.7 Å². The van der Waals surface area contributed by atoms with Crippen molar-refractivity contribution < 1.29 is 0 Å². The van der Waals surface area contributed by atoms with Crippen LogP contribution in [0.4, 0.5) is 0 Å². The maximum Gasteiger partial charge on any atom is 0.0832 e. The molecule has 2 aromatic rings. The third-order valence-electron chi connectivity index (χ3n) is 3.26. The van der Waals surface area contributed by atoms with E-state index in [0.717, 1.165) is 24.3 Å². The summed E-state index contributed by atoms with van der Waals surface area (Å²) in [6.07, 6.45) is 2.89. The van der Waals surface area contributed by atoms with Crippen LogP contribution in [0.3, 0.4) is 0 Å². The zero-order chi connectivity index (χ0) is 14.7. The molecule has 1 atom stereocenters. The van der Waals surface area contributed by atoms with Crippen molar-refractivity contribution in [2.45, 2.75) is 33.2 Å². The van der Waals surface area contributed by atoms with Gasteiger partial charge in [-0.3, -0.25) is 0 Å². The molecule has 1 N–H and O–H groups in total. The Morgan fingerprint density at radius 1 is 1.30 bits per heavy atom. The average Bonchev–Trinajstić information content (AvgIpc) is 2.75. The number of benzene rings is 1. The lowest BCUT2D eigenvalue weighted by molar-refractivity contribution is 0.570. The van der Waals surface area contributed by atoms with Gasteiger partial charge in [0.15, 0.2) is 0 Å². The van der Waals surface area contributed by atoms with Gasteiger partial charge in [0.2, 0.25) is 0 Å². The zero-order valence-corrected chi connectivity index (χ0v) is 13.5. The number of hydrogen-bond acceptors (Lipinski definition) is 2. The maximum absolute atomic E-state index is 6.37. The Bertz CT molecular complexity index is 573. The highest BCUT2D eigenvalue weighted by molar-refractivity contribution is 6.32. The molecule has 1 unspecified atom stereocenters. The maximum atomic E-state index is 6.37. The molecule has 20 heavy (non-hydrogen) atoms. The molecule has 0 aliphatic carbocycles. The van der Waals surface area contributed by atoms with Gasteiger partial charge in [0.05, 0.1) is 21.4 Å². The highest BCUT2D eigenvalue weighted by Gasteiger charge is 2.11. The normalized spacial score (nSPS) is 12.7. The molecule has 0 saturated heterocycles. The van der Waals surface area contributed by atoms with E-state index in [0.29, 0.717) is 10.0 Å². The third kappa shape index (κ3) is 3.35. The molecule has 0 bridgehead atoms. The first-order chi connectivity index (χ1) is 9.52. The van der Waals surface area contributed by atoms with Crippen molar-refractivity contribution in [2.24, 2.45) is 0 Å². The molecule has 0 aliphatic heterocycles. The fraction of sp³-hybridized carbons (Fsp3) is 0.400. The van der Waals surface area contributed by atoms with E-state index in [1.54, 1.807) is 10.9 Å². The minimum atomic E-state index is 0.282. The lowest BCUT2D eigenvalue weighted by Crippen LogP contribution is -2.19. The van der Waals surface area contributed by atoms with E-state index >= 15 is 0 Å². The summed E-state index contributed by atoms with van der Waals surface area (Å²) in [7, 11) is 0. The second kappa shape index (κ2) is 6.61. The smallest absolute Gasteiger partial charge is 0.0832 e. The topological polar surface area (TPSA) is 29.9 Å². The van der Waals surface area contributed by atoms with Gasteiger partial charge < -0.3 is 5.32 Å². The largest absolute Gasteiger partial charge is 0.310 e. The monoisotopic (exact) mass is 311 g/mol. The minimum Gasteiger partial charge on any atom is -0.310 e. The second-order valence-electron chi connectivity index (χ2n) is 4.89. The van der Waals surface area contributed by atoms with Gasteiger partial charge in [-0.2, -0.15) is 5.10 Å². The molecule has 0 spiro atoms. The van der Waals surface area contributed by atoms with E-state index in [9.17, 15) is 0 Å². The fourth-order valence-corrected chi connectivity index (χ4v) is 2.43. The molecular weight excluding hydrogens is 293 g/mol. The Labute approximate surface area is 129 Å². The van der Waals surface area contributed by atoms with E-state index < -0.39 is 0 Å². The van der Waals surface area contributed by atoms with Gasteiger partial charge in [0.25, 0.3) is 0 Å². The number of aryl methyl sites for hydroxylation is 1. The molecule has 1 aromatic heterocycles. The first-order valence-corrected chi connectivity index (χ1v) is 7.53. The summed E-state index contributed by atoms with van der Waals surface area (Å²) in [4.78, 5) is 0. The summed E-state index contributed by atoms with van der Waals surface area (Å²) >= 11 is 12.4. The molecule has 5 heteroatoms. The zero-order valence-electron chi connectivity index (χ0n) is 12.0. The molecule has 0 radical (unpaired) electrons. The van der Waals surface area contributed by atoms with E-state index in [2.05, 4.69) is 30.3 Å². The quantitative estimate of drug-likeness (QED) is 0.878. The summed E-state index contributed by atoms with van der Waals surface area (Å²) in [6, 6.07) is 6.31. The number of aromatic nitrogens is 2. The first kappa shape index (κ1) is 15.4. The van der Waals surface area contributed by atoms with Crippen molar-refractivity contribution >= 4 is 23.2 Å². The van der Waals surface area contributed by atoms with Gasteiger partial charge in [-0.25, -0.2) is 4.68 Å². The van der Waals surface area contributed by atoms with Crippen LogP contribution in [0.25, 0.3) is 5.69 Å². The van der Waals surface area contributed by atoms with Crippen LogP contribution in [-0.4, -0.2) is 16.3 Å². The Balaban J connectivity index is 2.25. The molecule has 0 saturated carbocycles. The summed E-state index contributed by atoms with van der Waals surface area (Å²) in [5, 5.41) is 9.11. The number of nitrogens with one attached hydrogen (secondary N) is 1. The molecule has 1 heterocycles. The van der Waals surface area contributed by atoms with Crippen molar-refractivity contribution in [2.75, 3.05) is 6.54 Å². The van der Waals surface area contributed by atoms with E-state index in [1.807, 2.05) is 19.1 Å². The summed E-state index contributed by atoms with van der Waals surface area (Å²) in [5.74, 6) is 0. The summed E-state index contributed by atoms with van der Waals surface area (Å²) < 4.78 is 1.72. The molecule has 3 nitrogen and oxygen atoms in total. The predicted molar refractivity (Wildman–Crippen MR) is 85.0 cm³/mol. The molecule has 0 amide bonds. The second-order valence-corrected chi connectivity index (χ2v) is 5.71.